The Labute approximate surface area is 214 Å². The summed E-state index contributed by atoms with van der Waals surface area (Å²) in [5.41, 5.74) is 2.52. The highest BCUT2D eigenvalue weighted by atomic mass is 32.2. The van der Waals surface area contributed by atoms with Crippen LogP contribution in [-0.4, -0.2) is 8.42 Å². The van der Waals surface area contributed by atoms with Gasteiger partial charge in [0.15, 0.2) is 0 Å². The maximum atomic E-state index is 13.1. The van der Waals surface area contributed by atoms with Gasteiger partial charge in [-0.3, -0.25) is 0 Å². The van der Waals surface area contributed by atoms with E-state index in [1.54, 1.807) is 48.5 Å². The molecule has 0 N–H and O–H groups in total. The lowest BCUT2D eigenvalue weighted by Gasteiger charge is -2.19. The Hall–Kier alpha value is -3.57. The van der Waals surface area contributed by atoms with E-state index in [1.807, 2.05) is 48.5 Å². The minimum Gasteiger partial charge on any atom is -0.457 e. The Morgan fingerprint density at radius 2 is 0.889 bits per heavy atom. The average molecular weight is 501 g/mol. The minimum atomic E-state index is -3.67. The van der Waals surface area contributed by atoms with Crippen molar-refractivity contribution < 1.29 is 17.9 Å². The van der Waals surface area contributed by atoms with E-state index in [4.69, 9.17) is 9.47 Å². The van der Waals surface area contributed by atoms with Crippen LogP contribution in [0.25, 0.3) is 0 Å². The van der Waals surface area contributed by atoms with Crippen molar-refractivity contribution in [2.45, 2.75) is 55.7 Å². The molecule has 0 spiro atoms. The highest BCUT2D eigenvalue weighted by Gasteiger charge is 2.18. The monoisotopic (exact) mass is 500 g/mol. The van der Waals surface area contributed by atoms with Crippen molar-refractivity contribution in [2.75, 3.05) is 0 Å². The summed E-state index contributed by atoms with van der Waals surface area (Å²) in [6.07, 6.45) is 0. The Bertz CT molecular complexity index is 1390. The van der Waals surface area contributed by atoms with Crippen LogP contribution in [0.1, 0.15) is 51.7 Å². The summed E-state index contributed by atoms with van der Waals surface area (Å²) in [4.78, 5) is 0.410. The molecule has 0 atom stereocenters. The van der Waals surface area contributed by atoms with Gasteiger partial charge < -0.3 is 9.47 Å². The van der Waals surface area contributed by atoms with Crippen LogP contribution in [0.15, 0.2) is 107 Å². The quantitative estimate of drug-likeness (QED) is 0.255. The van der Waals surface area contributed by atoms with Crippen LogP contribution in [0, 0.1) is 0 Å². The summed E-state index contributed by atoms with van der Waals surface area (Å²) in [6, 6.07) is 28.8. The van der Waals surface area contributed by atoms with Gasteiger partial charge in [-0.25, -0.2) is 8.42 Å². The zero-order chi connectivity index (χ0) is 25.9. The van der Waals surface area contributed by atoms with Crippen molar-refractivity contribution in [3.05, 3.63) is 108 Å². The molecule has 0 saturated heterocycles. The molecule has 0 aliphatic carbocycles. The molecule has 0 aliphatic heterocycles. The predicted molar refractivity (Wildman–Crippen MR) is 144 cm³/mol. The zero-order valence-electron chi connectivity index (χ0n) is 21.4. The highest BCUT2D eigenvalue weighted by Crippen LogP contribution is 2.30. The molecule has 5 heteroatoms. The molecule has 0 heterocycles. The summed E-state index contributed by atoms with van der Waals surface area (Å²) in [5, 5.41) is 0. The number of sulfone groups is 1. The lowest BCUT2D eigenvalue weighted by molar-refractivity contribution is 0.481. The van der Waals surface area contributed by atoms with Crippen molar-refractivity contribution in [1.29, 1.82) is 0 Å². The molecule has 4 nitrogen and oxygen atoms in total. The average Bonchev–Trinajstić information content (AvgIpc) is 2.85. The van der Waals surface area contributed by atoms with E-state index >= 15 is 0 Å². The first-order chi connectivity index (χ1) is 17.0. The van der Waals surface area contributed by atoms with Crippen LogP contribution in [0.4, 0.5) is 0 Å². The van der Waals surface area contributed by atoms with Crippen LogP contribution in [0.3, 0.4) is 0 Å². The van der Waals surface area contributed by atoms with Gasteiger partial charge in [0.05, 0.1) is 9.79 Å². The van der Waals surface area contributed by atoms with Crippen molar-refractivity contribution in [1.82, 2.24) is 0 Å². The molecule has 0 aliphatic rings. The van der Waals surface area contributed by atoms with E-state index in [9.17, 15) is 8.42 Å². The van der Waals surface area contributed by atoms with Gasteiger partial charge in [-0.05, 0) is 95.3 Å². The summed E-state index contributed by atoms with van der Waals surface area (Å²) in [6.45, 7) is 10.8. The Morgan fingerprint density at radius 3 is 1.22 bits per heavy atom. The smallest absolute Gasteiger partial charge is 0.206 e. The third-order valence-corrected chi connectivity index (χ3v) is 7.79. The van der Waals surface area contributed by atoms with Crippen LogP contribution in [0.2, 0.25) is 0 Å². The minimum absolute atomic E-state index is 0.0674. The largest absolute Gasteiger partial charge is 0.457 e. The molecule has 0 aromatic heterocycles. The fraction of sp³-hybridized carbons (Fsp3) is 0.226. The van der Waals surface area contributed by atoms with Crippen molar-refractivity contribution in [3.8, 4) is 23.0 Å². The number of hydrogen-bond acceptors (Lipinski definition) is 4. The first-order valence-corrected chi connectivity index (χ1v) is 13.5. The van der Waals surface area contributed by atoms with Gasteiger partial charge in [0.2, 0.25) is 9.84 Å². The summed E-state index contributed by atoms with van der Waals surface area (Å²) >= 11 is 0. The normalized spacial score (nSPS) is 11.9. The summed E-state index contributed by atoms with van der Waals surface area (Å²) < 4.78 is 38.0. The van der Waals surface area contributed by atoms with E-state index < -0.39 is 9.84 Å². The highest BCUT2D eigenvalue weighted by molar-refractivity contribution is 7.91. The van der Waals surface area contributed by atoms with Crippen molar-refractivity contribution in [2.24, 2.45) is 0 Å². The third-order valence-electron chi connectivity index (χ3n) is 6.01. The zero-order valence-corrected chi connectivity index (χ0v) is 22.2. The molecular formula is C31H32O4S. The lowest BCUT2D eigenvalue weighted by Crippen LogP contribution is -2.10. The molecule has 0 radical (unpaired) electrons. The van der Waals surface area contributed by atoms with Gasteiger partial charge in [-0.15, -0.1) is 0 Å². The van der Waals surface area contributed by atoms with Crippen LogP contribution in [0.5, 0.6) is 23.0 Å². The SMILES string of the molecule is CC(C)c1ccc(Oc2ccc(S(=O)(=O)c3ccc(Oc4ccc(C(C)(C)C)cc4)cc3)cc2)cc1. The molecule has 186 valence electrons. The first-order valence-electron chi connectivity index (χ1n) is 12.0. The van der Waals surface area contributed by atoms with Crippen LogP contribution < -0.4 is 9.47 Å². The second-order valence-electron chi connectivity index (χ2n) is 10.1. The van der Waals surface area contributed by atoms with Gasteiger partial charge >= 0.3 is 0 Å². The Kier molecular flexibility index (Phi) is 7.23. The summed E-state index contributed by atoms with van der Waals surface area (Å²) in [7, 11) is -3.67. The van der Waals surface area contributed by atoms with Gasteiger partial charge in [-0.2, -0.15) is 0 Å². The van der Waals surface area contributed by atoms with E-state index in [-0.39, 0.29) is 15.2 Å². The molecule has 0 fully saturated rings. The van der Waals surface area contributed by atoms with Crippen LogP contribution >= 0.6 is 0 Å². The van der Waals surface area contributed by atoms with Crippen molar-refractivity contribution >= 4 is 9.84 Å². The predicted octanol–water partition coefficient (Wildman–Crippen LogP) is 8.52. The van der Waals surface area contributed by atoms with Crippen molar-refractivity contribution in [3.63, 3.8) is 0 Å². The molecule has 0 amide bonds. The lowest BCUT2D eigenvalue weighted by atomic mass is 9.87. The van der Waals surface area contributed by atoms with Gasteiger partial charge in [0.25, 0.3) is 0 Å². The van der Waals surface area contributed by atoms with Gasteiger partial charge in [0, 0.05) is 0 Å². The molecule has 4 aromatic carbocycles. The molecule has 0 bridgehead atoms. The van der Waals surface area contributed by atoms with E-state index in [1.165, 1.54) is 11.1 Å². The molecular weight excluding hydrogens is 468 g/mol. The molecule has 36 heavy (non-hydrogen) atoms. The van der Waals surface area contributed by atoms with Crippen LogP contribution in [-0.2, 0) is 15.3 Å². The number of benzene rings is 4. The molecule has 4 aromatic rings. The first kappa shape index (κ1) is 25.5. The Morgan fingerprint density at radius 1 is 0.556 bits per heavy atom. The fourth-order valence-corrected chi connectivity index (χ4v) is 4.99. The van der Waals surface area contributed by atoms with Gasteiger partial charge in [-0.1, -0.05) is 58.9 Å². The van der Waals surface area contributed by atoms with Gasteiger partial charge in [0.1, 0.15) is 23.0 Å². The maximum absolute atomic E-state index is 13.1. The molecule has 0 unspecified atom stereocenters. The Balaban J connectivity index is 1.43. The third kappa shape index (κ3) is 5.97. The molecule has 4 rings (SSSR count). The molecule has 0 saturated carbocycles. The maximum Gasteiger partial charge on any atom is 0.206 e. The fourth-order valence-electron chi connectivity index (χ4n) is 3.73. The van der Waals surface area contributed by atoms with E-state index in [0.29, 0.717) is 28.9 Å². The topological polar surface area (TPSA) is 52.6 Å². The second-order valence-corrected chi connectivity index (χ2v) is 12.1. The second kappa shape index (κ2) is 10.2. The number of ether oxygens (including phenoxy) is 2. The van der Waals surface area contributed by atoms with E-state index in [0.717, 1.165) is 0 Å². The van der Waals surface area contributed by atoms with E-state index in [2.05, 4.69) is 34.6 Å². The standard InChI is InChI=1S/C31H32O4S/c1-22(2)23-6-10-25(11-7-23)34-27-14-18-29(19-15-27)36(32,33)30-20-16-28(17-21-30)35-26-12-8-24(9-13-26)31(3,4)5/h6-22H,1-5H3. The summed E-state index contributed by atoms with van der Waals surface area (Å²) in [5.74, 6) is 3.01. The number of hydrogen-bond donors (Lipinski definition) is 0. The number of rotatable bonds is 7.